The van der Waals surface area contributed by atoms with Crippen molar-refractivity contribution >= 4 is 0 Å². The van der Waals surface area contributed by atoms with E-state index in [1.807, 2.05) is 0 Å². The Hall–Kier alpha value is -0.120. The van der Waals surface area contributed by atoms with Crippen LogP contribution in [0.2, 0.25) is 0 Å². The monoisotopic (exact) mass is 242 g/mol. The summed E-state index contributed by atoms with van der Waals surface area (Å²) in [4.78, 5) is 0. The molecule has 2 saturated heterocycles. The summed E-state index contributed by atoms with van der Waals surface area (Å²) in [6, 6.07) is 0. The van der Waals surface area contributed by atoms with Gasteiger partial charge in [0, 0.05) is 0 Å². The van der Waals surface area contributed by atoms with Crippen molar-refractivity contribution in [3.05, 3.63) is 0 Å². The molecule has 0 amide bonds. The number of ether oxygens (including phenoxy) is 3. The van der Waals surface area contributed by atoms with Crippen molar-refractivity contribution in [2.75, 3.05) is 26.4 Å². The third kappa shape index (κ3) is 2.38. The summed E-state index contributed by atoms with van der Waals surface area (Å²) < 4.78 is 17.1. The quantitative estimate of drug-likeness (QED) is 0.711. The predicted molar refractivity (Wildman–Crippen MR) is 67.1 cm³/mol. The van der Waals surface area contributed by atoms with Gasteiger partial charge in [-0.3, -0.25) is 0 Å². The number of hydrogen-bond acceptors (Lipinski definition) is 3. The SMILES string of the molecule is CC(C)(C)[C@@]1(COC[C@]2(C(C)(C)C)CO2)CO1. The van der Waals surface area contributed by atoms with E-state index in [1.54, 1.807) is 0 Å². The molecule has 2 aliphatic heterocycles. The highest BCUT2D eigenvalue weighted by Crippen LogP contribution is 2.47. The summed E-state index contributed by atoms with van der Waals surface area (Å²) in [5.41, 5.74) is 0.153. The fourth-order valence-electron chi connectivity index (χ4n) is 2.02. The molecule has 0 saturated carbocycles. The minimum Gasteiger partial charge on any atom is -0.375 e. The summed E-state index contributed by atoms with van der Waals surface area (Å²) in [6.07, 6.45) is 0. The normalized spacial score (nSPS) is 37.1. The molecule has 0 aromatic heterocycles. The molecule has 0 bridgehead atoms. The highest BCUT2D eigenvalue weighted by molar-refractivity contribution is 5.04. The molecule has 0 unspecified atom stereocenters. The van der Waals surface area contributed by atoms with E-state index in [1.165, 1.54) is 0 Å². The average molecular weight is 242 g/mol. The predicted octanol–water partition coefficient (Wildman–Crippen LogP) is 2.63. The van der Waals surface area contributed by atoms with E-state index < -0.39 is 0 Å². The Balaban J connectivity index is 1.82. The fourth-order valence-corrected chi connectivity index (χ4v) is 2.02. The Morgan fingerprint density at radius 1 is 0.824 bits per heavy atom. The number of hydrogen-bond donors (Lipinski definition) is 0. The minimum absolute atomic E-state index is 0.0685. The summed E-state index contributed by atoms with van der Waals surface area (Å²) in [6.45, 7) is 16.2. The molecule has 0 radical (unpaired) electrons. The van der Waals surface area contributed by atoms with E-state index in [0.717, 1.165) is 13.2 Å². The van der Waals surface area contributed by atoms with Gasteiger partial charge in [0.15, 0.2) is 0 Å². The van der Waals surface area contributed by atoms with Crippen LogP contribution in [-0.4, -0.2) is 37.6 Å². The van der Waals surface area contributed by atoms with E-state index in [2.05, 4.69) is 41.5 Å². The lowest BCUT2D eigenvalue weighted by Crippen LogP contribution is -2.39. The molecular weight excluding hydrogens is 216 g/mol. The second kappa shape index (κ2) is 3.69. The molecule has 0 aliphatic carbocycles. The molecule has 2 rings (SSSR count). The molecule has 2 atom stereocenters. The van der Waals surface area contributed by atoms with Crippen LogP contribution in [0.3, 0.4) is 0 Å². The zero-order valence-corrected chi connectivity index (χ0v) is 12.1. The maximum atomic E-state index is 5.89. The molecule has 2 fully saturated rings. The van der Waals surface area contributed by atoms with Gasteiger partial charge in [-0.05, 0) is 10.8 Å². The van der Waals surface area contributed by atoms with Crippen molar-refractivity contribution in [1.82, 2.24) is 0 Å². The first-order valence-corrected chi connectivity index (χ1v) is 6.48. The highest BCUT2D eigenvalue weighted by Gasteiger charge is 2.57. The van der Waals surface area contributed by atoms with Crippen molar-refractivity contribution < 1.29 is 14.2 Å². The van der Waals surface area contributed by atoms with E-state index in [9.17, 15) is 0 Å². The Bertz CT molecular complexity index is 258. The molecule has 3 nitrogen and oxygen atoms in total. The van der Waals surface area contributed by atoms with Gasteiger partial charge >= 0.3 is 0 Å². The zero-order chi connectivity index (χ0) is 12.9. The van der Waals surface area contributed by atoms with Gasteiger partial charge in [-0.2, -0.15) is 0 Å². The Morgan fingerprint density at radius 2 is 1.12 bits per heavy atom. The van der Waals surface area contributed by atoms with Gasteiger partial charge in [0.2, 0.25) is 0 Å². The highest BCUT2D eigenvalue weighted by atomic mass is 16.6. The van der Waals surface area contributed by atoms with Gasteiger partial charge in [-0.25, -0.2) is 0 Å². The molecular formula is C14H26O3. The maximum Gasteiger partial charge on any atom is 0.120 e. The van der Waals surface area contributed by atoms with E-state index in [4.69, 9.17) is 14.2 Å². The first-order chi connectivity index (χ1) is 7.62. The molecule has 17 heavy (non-hydrogen) atoms. The second-order valence-electron chi connectivity index (χ2n) is 7.56. The maximum absolute atomic E-state index is 5.89. The lowest BCUT2D eigenvalue weighted by atomic mass is 9.80. The molecule has 2 aliphatic rings. The van der Waals surface area contributed by atoms with Gasteiger partial charge in [0.25, 0.3) is 0 Å². The van der Waals surface area contributed by atoms with Crippen LogP contribution in [0.4, 0.5) is 0 Å². The van der Waals surface area contributed by atoms with Crippen molar-refractivity contribution in [2.45, 2.75) is 52.7 Å². The summed E-state index contributed by atoms with van der Waals surface area (Å²) in [5, 5.41) is 0. The van der Waals surface area contributed by atoms with Crippen molar-refractivity contribution in [3.8, 4) is 0 Å². The third-order valence-corrected chi connectivity index (χ3v) is 4.39. The van der Waals surface area contributed by atoms with Gasteiger partial charge in [0.05, 0.1) is 26.4 Å². The van der Waals surface area contributed by atoms with E-state index in [0.29, 0.717) is 13.2 Å². The van der Waals surface area contributed by atoms with Crippen LogP contribution in [0, 0.1) is 10.8 Å². The van der Waals surface area contributed by atoms with E-state index in [-0.39, 0.29) is 22.0 Å². The molecule has 2 heterocycles. The molecule has 3 heteroatoms. The van der Waals surface area contributed by atoms with Crippen LogP contribution in [0.15, 0.2) is 0 Å². The first kappa shape index (κ1) is 13.3. The van der Waals surface area contributed by atoms with Gasteiger partial charge in [0.1, 0.15) is 11.2 Å². The third-order valence-electron chi connectivity index (χ3n) is 4.39. The van der Waals surface area contributed by atoms with Crippen LogP contribution in [0.25, 0.3) is 0 Å². The summed E-state index contributed by atoms with van der Waals surface area (Å²) >= 11 is 0. The molecule has 0 aromatic rings. The van der Waals surface area contributed by atoms with Crippen LogP contribution < -0.4 is 0 Å². The zero-order valence-electron chi connectivity index (χ0n) is 12.1. The Morgan fingerprint density at radius 3 is 1.29 bits per heavy atom. The van der Waals surface area contributed by atoms with Crippen molar-refractivity contribution in [3.63, 3.8) is 0 Å². The minimum atomic E-state index is -0.0685. The summed E-state index contributed by atoms with van der Waals surface area (Å²) in [7, 11) is 0. The Labute approximate surface area is 105 Å². The topological polar surface area (TPSA) is 34.3 Å². The smallest absolute Gasteiger partial charge is 0.120 e. The number of epoxide rings is 2. The number of rotatable bonds is 4. The van der Waals surface area contributed by atoms with Gasteiger partial charge in [-0.15, -0.1) is 0 Å². The van der Waals surface area contributed by atoms with Crippen LogP contribution in [0.1, 0.15) is 41.5 Å². The van der Waals surface area contributed by atoms with Gasteiger partial charge in [-0.1, -0.05) is 41.5 Å². The lowest BCUT2D eigenvalue weighted by molar-refractivity contribution is -0.0169. The van der Waals surface area contributed by atoms with Crippen molar-refractivity contribution in [2.24, 2.45) is 10.8 Å². The summed E-state index contributed by atoms with van der Waals surface area (Å²) in [5.74, 6) is 0. The molecule has 0 N–H and O–H groups in total. The second-order valence-corrected chi connectivity index (χ2v) is 7.56. The standard InChI is InChI=1S/C14H26O3/c1-11(2,3)13(9-16-13)7-15-8-14(10-17-14)12(4,5)6/h7-10H2,1-6H3/t13-,14-/m1/s1. The first-order valence-electron chi connectivity index (χ1n) is 6.48. The van der Waals surface area contributed by atoms with Gasteiger partial charge < -0.3 is 14.2 Å². The lowest BCUT2D eigenvalue weighted by Gasteiger charge is -2.30. The molecule has 100 valence electrons. The van der Waals surface area contributed by atoms with Crippen LogP contribution in [0.5, 0.6) is 0 Å². The Kier molecular flexibility index (Phi) is 2.89. The van der Waals surface area contributed by atoms with Crippen LogP contribution in [-0.2, 0) is 14.2 Å². The largest absolute Gasteiger partial charge is 0.375 e. The average Bonchev–Trinajstić information content (AvgIpc) is 2.92. The molecule has 0 aromatic carbocycles. The van der Waals surface area contributed by atoms with E-state index >= 15 is 0 Å². The van der Waals surface area contributed by atoms with Crippen LogP contribution >= 0.6 is 0 Å². The molecule has 0 spiro atoms. The van der Waals surface area contributed by atoms with Crippen molar-refractivity contribution in [1.29, 1.82) is 0 Å². The fraction of sp³-hybridized carbons (Fsp3) is 1.00.